The summed E-state index contributed by atoms with van der Waals surface area (Å²) in [6, 6.07) is 11.3. The third-order valence-electron chi connectivity index (χ3n) is 5.64. The van der Waals surface area contributed by atoms with Crippen LogP contribution < -0.4 is 20.3 Å². The number of ether oxygens (including phenoxy) is 1. The van der Waals surface area contributed by atoms with E-state index in [0.29, 0.717) is 47.6 Å². The van der Waals surface area contributed by atoms with Gasteiger partial charge in [0.05, 0.1) is 29.5 Å². The molecule has 2 aromatic heterocycles. The number of carbonyl (C=O) groups excluding carboxylic acids is 2. The van der Waals surface area contributed by atoms with Crippen molar-refractivity contribution in [3.8, 4) is 5.75 Å². The number of aryl methyl sites for hydroxylation is 1. The summed E-state index contributed by atoms with van der Waals surface area (Å²) in [7, 11) is 1.89. The van der Waals surface area contributed by atoms with Crippen LogP contribution in [0.5, 0.6) is 5.75 Å². The molecule has 0 saturated heterocycles. The summed E-state index contributed by atoms with van der Waals surface area (Å²) in [5.74, 6) is 1.10. The van der Waals surface area contributed by atoms with E-state index < -0.39 is 0 Å². The molecule has 0 bridgehead atoms. The number of rotatable bonds is 5. The Kier molecular flexibility index (Phi) is 5.33. The van der Waals surface area contributed by atoms with Crippen LogP contribution >= 0.6 is 0 Å². The van der Waals surface area contributed by atoms with Gasteiger partial charge in [0.1, 0.15) is 18.2 Å². The summed E-state index contributed by atoms with van der Waals surface area (Å²) < 4.78 is 7.47. The van der Waals surface area contributed by atoms with Crippen LogP contribution in [0.3, 0.4) is 0 Å². The van der Waals surface area contributed by atoms with Crippen LogP contribution in [0.2, 0.25) is 0 Å². The first-order valence-electron chi connectivity index (χ1n) is 10.8. The molecule has 0 radical (unpaired) electrons. The summed E-state index contributed by atoms with van der Waals surface area (Å²) >= 11 is 0. The van der Waals surface area contributed by atoms with Crippen molar-refractivity contribution in [2.45, 2.75) is 13.8 Å². The summed E-state index contributed by atoms with van der Waals surface area (Å²) in [5, 5.41) is 11.6. The molecule has 2 N–H and O–H groups in total. The minimum atomic E-state index is -0.169. The molecule has 3 heterocycles. The van der Waals surface area contributed by atoms with E-state index in [-0.39, 0.29) is 11.7 Å². The minimum absolute atomic E-state index is 0.0646. The maximum Gasteiger partial charge on any atom is 0.229 e. The van der Waals surface area contributed by atoms with Gasteiger partial charge in [-0.05, 0) is 43.3 Å². The van der Waals surface area contributed by atoms with Crippen molar-refractivity contribution >= 4 is 51.4 Å². The predicted molar refractivity (Wildman–Crippen MR) is 129 cm³/mol. The van der Waals surface area contributed by atoms with Gasteiger partial charge in [0, 0.05) is 36.9 Å². The second-order valence-electron chi connectivity index (χ2n) is 8.01. The molecule has 0 atom stereocenters. The first-order chi connectivity index (χ1) is 16.4. The summed E-state index contributed by atoms with van der Waals surface area (Å²) in [5.41, 5.74) is 3.50. The molecule has 0 spiro atoms. The quantitative estimate of drug-likeness (QED) is 0.435. The second-order valence-corrected chi connectivity index (χ2v) is 8.01. The Morgan fingerprint density at radius 3 is 2.62 bits per heavy atom. The maximum absolute atomic E-state index is 12.2. The van der Waals surface area contributed by atoms with Crippen LogP contribution in [0.4, 0.5) is 28.8 Å². The number of ketones is 1. The number of nitrogens with zero attached hydrogens (tertiary/aromatic N) is 5. The van der Waals surface area contributed by atoms with E-state index in [0.717, 1.165) is 16.6 Å². The Hall–Kier alpha value is -4.47. The first kappa shape index (κ1) is 21.4. The van der Waals surface area contributed by atoms with Gasteiger partial charge in [-0.15, -0.1) is 0 Å². The molecular weight excluding hydrogens is 434 g/mol. The smallest absolute Gasteiger partial charge is 0.229 e. The van der Waals surface area contributed by atoms with Crippen molar-refractivity contribution in [2.75, 3.05) is 28.7 Å². The van der Waals surface area contributed by atoms with E-state index in [9.17, 15) is 9.59 Å². The van der Waals surface area contributed by atoms with Gasteiger partial charge in [0.15, 0.2) is 5.78 Å². The number of nitrogens with one attached hydrogen (secondary N) is 2. The lowest BCUT2D eigenvalue weighted by atomic mass is 10.2. The average molecular weight is 457 g/mol. The van der Waals surface area contributed by atoms with Crippen LogP contribution in [0.25, 0.3) is 10.9 Å². The molecule has 0 fully saturated rings. The lowest BCUT2D eigenvalue weighted by molar-refractivity contribution is -0.116. The van der Waals surface area contributed by atoms with Gasteiger partial charge in [-0.1, -0.05) is 0 Å². The van der Waals surface area contributed by atoms with E-state index in [1.54, 1.807) is 21.8 Å². The lowest BCUT2D eigenvalue weighted by Gasteiger charge is -2.29. The van der Waals surface area contributed by atoms with Crippen molar-refractivity contribution in [2.24, 2.45) is 7.05 Å². The van der Waals surface area contributed by atoms with E-state index in [4.69, 9.17) is 4.74 Å². The molecule has 0 unspecified atom stereocenters. The van der Waals surface area contributed by atoms with Crippen LogP contribution in [0.1, 0.15) is 24.2 Å². The number of carbonyl (C=O) groups is 2. The Morgan fingerprint density at radius 1 is 1.03 bits per heavy atom. The molecule has 1 aliphatic rings. The number of hydrogen-bond acceptors (Lipinski definition) is 8. The standard InChI is InChI=1S/C24H23N7O3/c1-14(32)19-13-25-24(28-17-4-6-20-16(10-17)12-26-30(20)3)29-23(19)27-18-5-7-22-21(11-18)31(15(2)33)8-9-34-22/h4-7,10-13H,8-9H2,1-3H3,(H2,25,27,28,29). The van der Waals surface area contributed by atoms with Gasteiger partial charge in [-0.25, -0.2) is 4.98 Å². The van der Waals surface area contributed by atoms with Crippen molar-refractivity contribution in [1.82, 2.24) is 19.7 Å². The van der Waals surface area contributed by atoms with Crippen molar-refractivity contribution in [3.05, 3.63) is 54.4 Å². The number of hydrogen-bond donors (Lipinski definition) is 2. The third kappa shape index (κ3) is 4.01. The molecule has 172 valence electrons. The van der Waals surface area contributed by atoms with Gasteiger partial charge >= 0.3 is 0 Å². The van der Waals surface area contributed by atoms with Crippen molar-refractivity contribution < 1.29 is 14.3 Å². The highest BCUT2D eigenvalue weighted by Crippen LogP contribution is 2.35. The number of aromatic nitrogens is 4. The maximum atomic E-state index is 12.2. The Bertz CT molecular complexity index is 1430. The minimum Gasteiger partial charge on any atom is -0.490 e. The zero-order valence-electron chi connectivity index (χ0n) is 19.0. The van der Waals surface area contributed by atoms with Crippen molar-refractivity contribution in [3.63, 3.8) is 0 Å². The first-order valence-corrected chi connectivity index (χ1v) is 10.8. The van der Waals surface area contributed by atoms with Crippen LogP contribution in [0.15, 0.2) is 48.8 Å². The van der Waals surface area contributed by atoms with E-state index in [1.807, 2.05) is 37.4 Å². The molecule has 0 saturated carbocycles. The molecular formula is C24H23N7O3. The van der Waals surface area contributed by atoms with Gasteiger partial charge in [-0.3, -0.25) is 14.3 Å². The topological polar surface area (TPSA) is 114 Å². The molecule has 2 aromatic carbocycles. The normalized spacial score (nSPS) is 12.7. The van der Waals surface area contributed by atoms with Crippen LogP contribution in [0, 0.1) is 0 Å². The molecule has 34 heavy (non-hydrogen) atoms. The number of anilines is 5. The van der Waals surface area contributed by atoms with Gasteiger partial charge < -0.3 is 20.3 Å². The van der Waals surface area contributed by atoms with Crippen LogP contribution in [-0.2, 0) is 11.8 Å². The number of benzene rings is 2. The molecule has 10 nitrogen and oxygen atoms in total. The molecule has 0 aliphatic carbocycles. The highest BCUT2D eigenvalue weighted by atomic mass is 16.5. The van der Waals surface area contributed by atoms with Gasteiger partial charge in [0.25, 0.3) is 0 Å². The third-order valence-corrected chi connectivity index (χ3v) is 5.64. The highest BCUT2D eigenvalue weighted by molar-refractivity contribution is 5.99. The van der Waals surface area contributed by atoms with Gasteiger partial charge in [-0.2, -0.15) is 10.1 Å². The van der Waals surface area contributed by atoms with Crippen molar-refractivity contribution in [1.29, 1.82) is 0 Å². The largest absolute Gasteiger partial charge is 0.490 e. The van der Waals surface area contributed by atoms with Gasteiger partial charge in [0.2, 0.25) is 11.9 Å². The van der Waals surface area contributed by atoms with Crippen LogP contribution in [-0.4, -0.2) is 44.6 Å². The number of Topliss-reactive ketones (excluding diaryl/α,β-unsaturated/α-hetero) is 1. The predicted octanol–water partition coefficient (Wildman–Crippen LogP) is 3.80. The molecule has 10 heteroatoms. The highest BCUT2D eigenvalue weighted by Gasteiger charge is 2.22. The van der Waals surface area contributed by atoms with E-state index >= 15 is 0 Å². The fourth-order valence-corrected chi connectivity index (χ4v) is 3.92. The zero-order valence-corrected chi connectivity index (χ0v) is 19.0. The average Bonchev–Trinajstić information content (AvgIpc) is 3.18. The summed E-state index contributed by atoms with van der Waals surface area (Å²) in [6.07, 6.45) is 3.28. The Labute approximate surface area is 195 Å². The molecule has 4 aromatic rings. The lowest BCUT2D eigenvalue weighted by Crippen LogP contribution is -2.36. The Balaban J connectivity index is 1.46. The van der Waals surface area contributed by atoms with E-state index in [1.165, 1.54) is 20.0 Å². The number of amides is 1. The van der Waals surface area contributed by atoms with E-state index in [2.05, 4.69) is 25.7 Å². The SMILES string of the molecule is CC(=O)c1cnc(Nc2ccc3c(cnn3C)c2)nc1Nc1ccc2c(c1)N(C(C)=O)CCO2. The monoisotopic (exact) mass is 457 g/mol. The molecule has 5 rings (SSSR count). The summed E-state index contributed by atoms with van der Waals surface area (Å²) in [4.78, 5) is 34.8. The summed E-state index contributed by atoms with van der Waals surface area (Å²) in [6.45, 7) is 3.91. The Morgan fingerprint density at radius 2 is 1.82 bits per heavy atom. The molecule has 1 amide bonds. The second kappa shape index (κ2) is 8.47. The zero-order chi connectivity index (χ0) is 23.8. The fourth-order valence-electron chi connectivity index (χ4n) is 3.92. The number of fused-ring (bicyclic) bond motifs is 2. The molecule has 1 aliphatic heterocycles. The fraction of sp³-hybridized carbons (Fsp3) is 0.208.